The molecule has 1 saturated carbocycles. The Hall–Kier alpha value is -2.13. The van der Waals surface area contributed by atoms with Gasteiger partial charge in [-0.1, -0.05) is 19.8 Å². The number of hydrogen-bond donors (Lipinski definition) is 0. The van der Waals surface area contributed by atoms with E-state index in [2.05, 4.69) is 33.4 Å². The van der Waals surface area contributed by atoms with Crippen LogP contribution in [0.3, 0.4) is 0 Å². The van der Waals surface area contributed by atoms with Crippen molar-refractivity contribution in [1.29, 1.82) is 0 Å². The van der Waals surface area contributed by atoms with Crippen LogP contribution in [-0.4, -0.2) is 0 Å². The maximum atomic E-state index is 13.1. The van der Waals surface area contributed by atoms with E-state index in [0.29, 0.717) is 5.92 Å². The molecule has 0 spiro atoms. The Morgan fingerprint density at radius 2 is 1.56 bits per heavy atom. The Balaban J connectivity index is 0.000000307. The van der Waals surface area contributed by atoms with E-state index >= 15 is 0 Å². The zero-order valence-electron chi connectivity index (χ0n) is 17.2. The van der Waals surface area contributed by atoms with Crippen LogP contribution in [0.1, 0.15) is 56.9 Å². The van der Waals surface area contributed by atoms with Crippen molar-refractivity contribution in [3.05, 3.63) is 77.6 Å². The molecule has 0 unspecified atom stereocenters. The maximum absolute atomic E-state index is 13.1. The van der Waals surface area contributed by atoms with Crippen LogP contribution in [0.25, 0.3) is 0 Å². The fourth-order valence-electron chi connectivity index (χ4n) is 3.60. The first kappa shape index (κ1) is 27.9. The summed E-state index contributed by atoms with van der Waals surface area (Å²) in [6.45, 7) is 2.21. The molecular weight excluding hydrogens is 481 g/mol. The molecule has 0 heterocycles. The summed E-state index contributed by atoms with van der Waals surface area (Å²) in [5, 5.41) is 0. The monoisotopic (exact) mass is 503 g/mol. The van der Waals surface area contributed by atoms with Crippen LogP contribution in [0.4, 0.5) is 26.3 Å². The van der Waals surface area contributed by atoms with Crippen LogP contribution < -0.4 is 4.74 Å². The molecule has 1 fully saturated rings. The SMILES string of the molecule is CCCC1CCC(c2cc(F)[c-]c(F)c2)CC1.FC(F)=COc1c(F)c[c-]cc1F.[O]=[Co]. The van der Waals surface area contributed by atoms with Crippen molar-refractivity contribution in [3.8, 4) is 5.75 Å². The van der Waals surface area contributed by atoms with Gasteiger partial charge in [-0.05, 0) is 37.5 Å². The molecule has 0 radical (unpaired) electrons. The third-order valence-electron chi connectivity index (χ3n) is 4.96. The first-order valence-electron chi connectivity index (χ1n) is 9.84. The van der Waals surface area contributed by atoms with Gasteiger partial charge in [0.25, 0.3) is 0 Å². The van der Waals surface area contributed by atoms with E-state index in [1.54, 1.807) is 0 Å². The molecule has 2 nitrogen and oxygen atoms in total. The van der Waals surface area contributed by atoms with Gasteiger partial charge in [-0.15, -0.1) is 35.9 Å². The minimum absolute atomic E-state index is 0.0402. The average Bonchev–Trinajstić information content (AvgIpc) is 2.75. The van der Waals surface area contributed by atoms with Crippen molar-refractivity contribution in [2.45, 2.75) is 51.4 Å². The molecule has 2 aromatic carbocycles. The van der Waals surface area contributed by atoms with Crippen LogP contribution >= 0.6 is 0 Å². The molecule has 179 valence electrons. The van der Waals surface area contributed by atoms with Gasteiger partial charge in [0.15, 0.2) is 6.26 Å². The summed E-state index contributed by atoms with van der Waals surface area (Å²) in [6.07, 6.45) is 4.83. The summed E-state index contributed by atoms with van der Waals surface area (Å²) < 4.78 is 86.3. The molecule has 32 heavy (non-hydrogen) atoms. The number of halogens is 6. The first-order chi connectivity index (χ1) is 15.3. The average molecular weight is 503 g/mol. The van der Waals surface area contributed by atoms with Crippen LogP contribution in [0.2, 0.25) is 0 Å². The predicted octanol–water partition coefficient (Wildman–Crippen LogP) is 7.60. The van der Waals surface area contributed by atoms with Gasteiger partial charge in [0.2, 0.25) is 0 Å². The Kier molecular flexibility index (Phi) is 12.9. The first-order valence-corrected chi connectivity index (χ1v) is 10.3. The minimum atomic E-state index is -2.17. The van der Waals surface area contributed by atoms with Crippen LogP contribution in [0.15, 0.2) is 36.6 Å². The van der Waals surface area contributed by atoms with Gasteiger partial charge >= 0.3 is 25.6 Å². The number of hydrogen-bond acceptors (Lipinski definition) is 2. The molecule has 0 bridgehead atoms. The molecule has 0 saturated heterocycles. The van der Waals surface area contributed by atoms with E-state index in [1.807, 2.05) is 6.07 Å². The van der Waals surface area contributed by atoms with Crippen molar-refractivity contribution >= 4 is 0 Å². The van der Waals surface area contributed by atoms with Gasteiger partial charge in [0.05, 0.1) is 17.4 Å². The fraction of sp³-hybridized carbons (Fsp3) is 0.391. The summed E-state index contributed by atoms with van der Waals surface area (Å²) in [5.74, 6) is -3.03. The quantitative estimate of drug-likeness (QED) is 0.239. The van der Waals surface area contributed by atoms with E-state index in [1.165, 1.54) is 37.8 Å². The number of benzene rings is 2. The standard InChI is InChI=1S/C15H19F2.C8H3F4O.Co.O/c1-2-3-11-4-6-12(7-5-11)13-8-14(16)10-15(17)9-13;9-5-2-1-3-6(10)8(5)13-4-7(11)12;;/h8-9,11-12H,2-7H2,1H3;2-4H;;/q2*-1;;. The van der Waals surface area contributed by atoms with Gasteiger partial charge in [-0.2, -0.15) is 14.8 Å². The molecule has 0 atom stereocenters. The second-order valence-electron chi connectivity index (χ2n) is 7.12. The number of rotatable bonds is 5. The molecule has 1 aliphatic carbocycles. The zero-order chi connectivity index (χ0) is 24.1. The Morgan fingerprint density at radius 1 is 1.03 bits per heavy atom. The molecule has 0 aliphatic heterocycles. The Labute approximate surface area is 191 Å². The second-order valence-corrected chi connectivity index (χ2v) is 7.12. The van der Waals surface area contributed by atoms with Crippen molar-refractivity contribution in [3.63, 3.8) is 0 Å². The molecule has 3 rings (SSSR count). The van der Waals surface area contributed by atoms with Crippen LogP contribution in [0.5, 0.6) is 5.75 Å². The fourth-order valence-corrected chi connectivity index (χ4v) is 3.60. The molecule has 0 amide bonds. The normalized spacial score (nSPS) is 17.2. The summed E-state index contributed by atoms with van der Waals surface area (Å²) >= 11 is 2.31. The van der Waals surface area contributed by atoms with E-state index in [0.717, 1.165) is 36.5 Å². The number of ether oxygens (including phenoxy) is 1. The second kappa shape index (κ2) is 14.8. The Bertz CT molecular complexity index is 825. The van der Waals surface area contributed by atoms with Gasteiger partial charge in [0.1, 0.15) is 0 Å². The van der Waals surface area contributed by atoms with Crippen LogP contribution in [0, 0.1) is 41.3 Å². The summed E-state index contributed by atoms with van der Waals surface area (Å²) in [7, 11) is 0. The van der Waals surface area contributed by atoms with Crippen LogP contribution in [-0.2, 0) is 19.5 Å². The van der Waals surface area contributed by atoms with Crippen molar-refractivity contribution in [1.82, 2.24) is 0 Å². The summed E-state index contributed by atoms with van der Waals surface area (Å²) in [5.41, 5.74) is 0.814. The van der Waals surface area contributed by atoms with Gasteiger partial charge in [-0.25, -0.2) is 8.78 Å². The summed E-state index contributed by atoms with van der Waals surface area (Å²) in [6, 6.07) is 8.60. The van der Waals surface area contributed by atoms with Gasteiger partial charge < -0.3 is 4.74 Å². The molecule has 1 aliphatic rings. The van der Waals surface area contributed by atoms with Crippen molar-refractivity contribution < 1.29 is 50.6 Å². The van der Waals surface area contributed by atoms with E-state index in [4.69, 9.17) is 3.87 Å². The van der Waals surface area contributed by atoms with E-state index in [9.17, 15) is 26.3 Å². The molecule has 0 N–H and O–H groups in total. The third-order valence-corrected chi connectivity index (χ3v) is 4.96. The zero-order valence-corrected chi connectivity index (χ0v) is 18.2. The molecule has 0 aromatic heterocycles. The van der Waals surface area contributed by atoms with Gasteiger partial charge in [0, 0.05) is 11.6 Å². The third kappa shape index (κ3) is 9.56. The van der Waals surface area contributed by atoms with Crippen molar-refractivity contribution in [2.24, 2.45) is 5.92 Å². The predicted molar refractivity (Wildman–Crippen MR) is 102 cm³/mol. The Morgan fingerprint density at radius 3 is 2.03 bits per heavy atom. The topological polar surface area (TPSA) is 26.3 Å². The van der Waals surface area contributed by atoms with E-state index in [-0.39, 0.29) is 6.26 Å². The molecule has 9 heteroatoms. The van der Waals surface area contributed by atoms with E-state index < -0.39 is 35.1 Å². The molecular formula is C23H22CoF6O2-2. The van der Waals surface area contributed by atoms with Gasteiger partial charge in [-0.3, -0.25) is 8.78 Å². The van der Waals surface area contributed by atoms with Crippen molar-refractivity contribution in [2.75, 3.05) is 0 Å². The molecule has 2 aromatic rings. The summed E-state index contributed by atoms with van der Waals surface area (Å²) in [4.78, 5) is 0.